The number of hydrogen-bond donors (Lipinski definition) is 1. The van der Waals surface area contributed by atoms with Gasteiger partial charge in [-0.05, 0) is 82.0 Å². The minimum atomic E-state index is -0.414. The summed E-state index contributed by atoms with van der Waals surface area (Å²) >= 11 is 3.70. The first-order chi connectivity index (χ1) is 23.1. The van der Waals surface area contributed by atoms with E-state index in [1.165, 1.54) is 4.90 Å². The molecule has 1 aromatic heterocycles. The van der Waals surface area contributed by atoms with Gasteiger partial charge in [0.05, 0.1) is 54.7 Å². The first kappa shape index (κ1) is 42.7. The van der Waals surface area contributed by atoms with Crippen molar-refractivity contribution in [2.75, 3.05) is 65.9 Å². The number of carbonyl (C=O) groups excluding carboxylic acids is 2. The smallest absolute Gasteiger partial charge is 0.410 e. The maximum atomic E-state index is 12.3. The highest BCUT2D eigenvalue weighted by molar-refractivity contribution is 9.12. The van der Waals surface area contributed by atoms with E-state index in [2.05, 4.69) is 44.7 Å². The van der Waals surface area contributed by atoms with Crippen molar-refractivity contribution in [2.45, 2.75) is 78.6 Å². The standard InChI is InChI=1S/C25H34BrN7O2.C10H19NO3.H2S/c1-7-15(3)29-22-17(8-2)21-20(13-18(22)26)30-25(35-6)31-23(21)33-11-9-10-28-16(14-33)12-19(27)24(34)32(4)5;1-10(2,3)14-9(12)11-6-5-8(7-11)13-4;/h8,12-13,15H,7,9-11,14,27H2,1-6H3;8H,5-7H2,1-4H3;1H2/b17-8-,19-12-,29-22?;;. The lowest BCUT2D eigenvalue weighted by Gasteiger charge is -2.28. The molecule has 13 nitrogen and oxygen atoms in total. The van der Waals surface area contributed by atoms with Crippen LogP contribution < -0.4 is 15.4 Å². The largest absolute Gasteiger partial charge is 0.467 e. The number of halogens is 1. The van der Waals surface area contributed by atoms with Gasteiger partial charge in [0.2, 0.25) is 0 Å². The second-order valence-corrected chi connectivity index (χ2v) is 14.1. The molecule has 50 heavy (non-hydrogen) atoms. The number of hydrogen-bond acceptors (Lipinski definition) is 11. The van der Waals surface area contributed by atoms with E-state index in [-0.39, 0.29) is 49.3 Å². The van der Waals surface area contributed by atoms with Crippen LogP contribution in [0.3, 0.4) is 0 Å². The first-order valence-corrected chi connectivity index (χ1v) is 17.5. The van der Waals surface area contributed by atoms with Crippen molar-refractivity contribution in [1.29, 1.82) is 0 Å². The Bertz CT molecular complexity index is 1520. The minimum Gasteiger partial charge on any atom is -0.467 e. The van der Waals surface area contributed by atoms with Gasteiger partial charge in [-0.3, -0.25) is 14.8 Å². The Morgan fingerprint density at radius 1 is 1.22 bits per heavy atom. The van der Waals surface area contributed by atoms with Crippen molar-refractivity contribution < 1.29 is 23.8 Å². The van der Waals surface area contributed by atoms with Crippen LogP contribution in [0.15, 0.2) is 32.3 Å². The topological polar surface area (TPSA) is 148 Å². The van der Waals surface area contributed by atoms with Crippen molar-refractivity contribution in [3.63, 3.8) is 0 Å². The Morgan fingerprint density at radius 3 is 2.48 bits per heavy atom. The number of fused-ring (bicyclic) bond motifs is 1. The zero-order valence-corrected chi connectivity index (χ0v) is 33.8. The van der Waals surface area contributed by atoms with E-state index < -0.39 is 5.60 Å². The molecule has 1 aliphatic carbocycles. The molecule has 2 atom stereocenters. The van der Waals surface area contributed by atoms with Crippen molar-refractivity contribution >= 4 is 70.3 Å². The highest BCUT2D eigenvalue weighted by Gasteiger charge is 2.31. The number of carbonyl (C=O) groups is 2. The maximum absolute atomic E-state index is 12.3. The van der Waals surface area contributed by atoms with E-state index in [1.807, 2.05) is 39.8 Å². The van der Waals surface area contributed by atoms with Gasteiger partial charge in [0.15, 0.2) is 0 Å². The fraction of sp³-hybridized carbons (Fsp3) is 0.600. The molecule has 0 bridgehead atoms. The average molecular weight is 780 g/mol. The predicted molar refractivity (Wildman–Crippen MR) is 210 cm³/mol. The number of ether oxygens (including phenoxy) is 3. The summed E-state index contributed by atoms with van der Waals surface area (Å²) < 4.78 is 16.7. The third-order valence-corrected chi connectivity index (χ3v) is 8.59. The number of nitrogens with two attached hydrogens (primary N) is 1. The highest BCUT2D eigenvalue weighted by atomic mass is 79.9. The molecular formula is C35H55BrN8O5S. The van der Waals surface area contributed by atoms with Crippen molar-refractivity contribution in [1.82, 2.24) is 19.8 Å². The van der Waals surface area contributed by atoms with Crippen molar-refractivity contribution in [3.8, 4) is 6.01 Å². The second kappa shape index (κ2) is 19.3. The molecule has 1 fully saturated rings. The van der Waals surface area contributed by atoms with Gasteiger partial charge in [-0.1, -0.05) is 13.0 Å². The summed E-state index contributed by atoms with van der Waals surface area (Å²) in [5.41, 5.74) is 10.0. The molecule has 0 aromatic carbocycles. The fourth-order valence-corrected chi connectivity index (χ4v) is 5.81. The third-order valence-electron chi connectivity index (χ3n) is 7.98. The van der Waals surface area contributed by atoms with Crippen LogP contribution in [0.5, 0.6) is 6.01 Å². The van der Waals surface area contributed by atoms with Gasteiger partial charge in [0.1, 0.15) is 11.4 Å². The monoisotopic (exact) mass is 778 g/mol. The van der Waals surface area contributed by atoms with Crippen LogP contribution >= 0.6 is 29.4 Å². The number of likely N-dealkylation sites (tertiary alicyclic amines) is 1. The van der Waals surface area contributed by atoms with Crippen LogP contribution in [0.4, 0.5) is 10.6 Å². The number of likely N-dealkylation sites (N-methyl/N-ethyl adjacent to an activating group) is 1. The summed E-state index contributed by atoms with van der Waals surface area (Å²) in [6.45, 7) is 15.0. The molecule has 1 aromatic rings. The number of aliphatic imine (C=N–C) groups is 2. The quantitative estimate of drug-likeness (QED) is 0.368. The minimum absolute atomic E-state index is 0. The number of nitrogens with zero attached hydrogens (tertiary/aromatic N) is 7. The number of aromatic nitrogens is 2. The Balaban J connectivity index is 0.000000485. The Kier molecular flexibility index (Phi) is 16.5. The number of methoxy groups -OCH3 is 2. The number of allylic oxidation sites excluding steroid dienone is 3. The first-order valence-electron chi connectivity index (χ1n) is 16.7. The highest BCUT2D eigenvalue weighted by Crippen LogP contribution is 2.39. The van der Waals surface area contributed by atoms with Crippen LogP contribution in [0.2, 0.25) is 0 Å². The van der Waals surface area contributed by atoms with Crippen LogP contribution in [0.25, 0.3) is 11.6 Å². The summed E-state index contributed by atoms with van der Waals surface area (Å²) in [6.07, 6.45) is 8.28. The lowest BCUT2D eigenvalue weighted by molar-refractivity contribution is -0.124. The second-order valence-electron chi connectivity index (χ2n) is 13.2. The van der Waals surface area contributed by atoms with Gasteiger partial charge < -0.3 is 34.6 Å². The van der Waals surface area contributed by atoms with E-state index in [1.54, 1.807) is 39.3 Å². The Hall–Kier alpha value is -3.43. The molecule has 0 spiro atoms. The van der Waals surface area contributed by atoms with E-state index in [4.69, 9.17) is 29.9 Å². The molecule has 15 heteroatoms. The molecular weight excluding hydrogens is 724 g/mol. The zero-order chi connectivity index (χ0) is 36.5. The molecule has 2 unspecified atom stereocenters. The Morgan fingerprint density at radius 2 is 1.92 bits per heavy atom. The Labute approximate surface area is 312 Å². The van der Waals surface area contributed by atoms with Gasteiger partial charge in [0, 0.05) is 56.9 Å². The van der Waals surface area contributed by atoms with Gasteiger partial charge in [-0.15, -0.1) is 0 Å². The molecule has 2 aliphatic heterocycles. The number of rotatable bonds is 7. The molecule has 0 radical (unpaired) electrons. The predicted octanol–water partition coefficient (Wildman–Crippen LogP) is 5.21. The molecule has 3 heterocycles. The van der Waals surface area contributed by atoms with E-state index in [0.29, 0.717) is 19.6 Å². The van der Waals surface area contributed by atoms with Crippen LogP contribution in [0.1, 0.15) is 72.1 Å². The summed E-state index contributed by atoms with van der Waals surface area (Å²) in [7, 11) is 6.58. The fourth-order valence-electron chi connectivity index (χ4n) is 5.28. The zero-order valence-electron chi connectivity index (χ0n) is 31.2. The van der Waals surface area contributed by atoms with Gasteiger partial charge in [-0.2, -0.15) is 23.5 Å². The average Bonchev–Trinajstić information content (AvgIpc) is 3.43. The molecule has 2 N–H and O–H groups in total. The summed E-state index contributed by atoms with van der Waals surface area (Å²) in [6, 6.07) is 0.456. The van der Waals surface area contributed by atoms with Gasteiger partial charge in [0.25, 0.3) is 5.91 Å². The lowest BCUT2D eigenvalue weighted by Crippen LogP contribution is -2.35. The third kappa shape index (κ3) is 11.6. The molecule has 1 saturated heterocycles. The maximum Gasteiger partial charge on any atom is 0.410 e. The SMILES string of the molecule is C/C=C1\C(=NC(C)CC)C(Br)=Cc2nc(OC)nc(N3CCCN=C(/C=C(\N)C(=O)N(C)C)C3)c21.COC1CCN(C(=O)OC(C)(C)C)C1.S. The lowest BCUT2D eigenvalue weighted by atomic mass is 9.93. The van der Waals surface area contributed by atoms with E-state index >= 15 is 0 Å². The number of amides is 2. The summed E-state index contributed by atoms with van der Waals surface area (Å²) in [4.78, 5) is 48.2. The molecule has 3 aliphatic rings. The molecule has 4 rings (SSSR count). The van der Waals surface area contributed by atoms with E-state index in [9.17, 15) is 9.59 Å². The van der Waals surface area contributed by atoms with Gasteiger partial charge >= 0.3 is 12.1 Å². The van der Waals surface area contributed by atoms with Crippen molar-refractivity contribution in [3.05, 3.63) is 33.6 Å². The van der Waals surface area contributed by atoms with Crippen molar-refractivity contribution in [2.24, 2.45) is 15.7 Å². The molecule has 278 valence electrons. The van der Waals surface area contributed by atoms with Crippen LogP contribution in [-0.4, -0.2) is 122 Å². The normalized spacial score (nSPS) is 20.1. The molecule has 2 amide bonds. The van der Waals surface area contributed by atoms with Crippen LogP contribution in [-0.2, 0) is 14.3 Å². The summed E-state index contributed by atoms with van der Waals surface area (Å²) in [5.74, 6) is 0.496. The molecule has 0 saturated carbocycles. The summed E-state index contributed by atoms with van der Waals surface area (Å²) in [5, 5.41) is 0. The van der Waals surface area contributed by atoms with Gasteiger partial charge in [-0.25, -0.2) is 4.79 Å². The van der Waals surface area contributed by atoms with E-state index in [0.717, 1.165) is 70.9 Å². The number of anilines is 1. The van der Waals surface area contributed by atoms with Crippen LogP contribution in [0, 0.1) is 0 Å².